The molecule has 9 heteroatoms. The van der Waals surface area contributed by atoms with Gasteiger partial charge in [-0.05, 0) is 30.3 Å². The lowest BCUT2D eigenvalue weighted by atomic mass is 10.2. The largest absolute Gasteiger partial charge is 0.326 e. The number of benzene rings is 1. The minimum absolute atomic E-state index is 0.000967. The monoisotopic (exact) mass is 376 g/mol. The highest BCUT2D eigenvalue weighted by Gasteiger charge is 2.21. The molecule has 0 saturated carbocycles. The number of sulfonamides is 1. The van der Waals surface area contributed by atoms with Crippen molar-refractivity contribution in [3.8, 4) is 0 Å². The summed E-state index contributed by atoms with van der Waals surface area (Å²) in [6.45, 7) is 1.03. The molecule has 26 heavy (non-hydrogen) atoms. The highest BCUT2D eigenvalue weighted by Crippen LogP contribution is 2.15. The van der Waals surface area contributed by atoms with Crippen LogP contribution < -0.4 is 10.6 Å². The number of amides is 2. The molecule has 2 amide bonds. The smallest absolute Gasteiger partial charge is 0.239 e. The number of carbonyl (C=O) groups is 2. The van der Waals surface area contributed by atoms with Crippen LogP contribution in [-0.4, -0.2) is 42.3 Å². The lowest BCUT2D eigenvalue weighted by Crippen LogP contribution is -2.37. The third-order valence-electron chi connectivity index (χ3n) is 3.32. The van der Waals surface area contributed by atoms with E-state index in [-0.39, 0.29) is 19.0 Å². The molecule has 2 aromatic rings. The Labute approximate surface area is 152 Å². The maximum absolute atomic E-state index is 12.3. The summed E-state index contributed by atoms with van der Waals surface area (Å²) in [5.41, 5.74) is 1.52. The number of hydrogen-bond donors (Lipinski definition) is 2. The van der Waals surface area contributed by atoms with E-state index in [2.05, 4.69) is 15.6 Å². The molecule has 0 radical (unpaired) electrons. The van der Waals surface area contributed by atoms with Gasteiger partial charge in [0, 0.05) is 24.5 Å². The predicted molar refractivity (Wildman–Crippen MR) is 98.9 cm³/mol. The Morgan fingerprint density at radius 2 is 1.77 bits per heavy atom. The van der Waals surface area contributed by atoms with Crippen molar-refractivity contribution < 1.29 is 18.0 Å². The van der Waals surface area contributed by atoms with Gasteiger partial charge in [-0.1, -0.05) is 12.1 Å². The summed E-state index contributed by atoms with van der Waals surface area (Å²) in [5.74, 6) is -0.724. The summed E-state index contributed by atoms with van der Waals surface area (Å²) in [6.07, 6.45) is 2.60. The maximum Gasteiger partial charge on any atom is 0.239 e. The minimum Gasteiger partial charge on any atom is -0.326 e. The molecule has 0 aliphatic heterocycles. The van der Waals surface area contributed by atoms with Gasteiger partial charge in [0.05, 0.1) is 25.0 Å². The molecule has 2 N–H and O–H groups in total. The zero-order valence-electron chi connectivity index (χ0n) is 14.5. The van der Waals surface area contributed by atoms with E-state index in [0.717, 1.165) is 10.6 Å². The average molecular weight is 376 g/mol. The fourth-order valence-corrected chi connectivity index (χ4v) is 2.92. The van der Waals surface area contributed by atoms with Gasteiger partial charge in [0.25, 0.3) is 0 Å². The molecule has 0 spiro atoms. The molecule has 0 saturated heterocycles. The second-order valence-electron chi connectivity index (χ2n) is 5.66. The van der Waals surface area contributed by atoms with Crippen LogP contribution in [0, 0.1) is 0 Å². The zero-order valence-corrected chi connectivity index (χ0v) is 15.3. The van der Waals surface area contributed by atoms with Gasteiger partial charge >= 0.3 is 0 Å². The van der Waals surface area contributed by atoms with Crippen molar-refractivity contribution in [2.75, 3.05) is 23.4 Å². The summed E-state index contributed by atoms with van der Waals surface area (Å²) in [7, 11) is -3.60. The Morgan fingerprint density at radius 1 is 1.08 bits per heavy atom. The Hall–Kier alpha value is -2.78. The SMILES string of the molecule is CC(=O)Nc1cccc(NC(=O)CN(Cc2ccccn2)S(C)(=O)=O)c1. The number of aromatic nitrogens is 1. The molecular weight excluding hydrogens is 356 g/mol. The third-order valence-corrected chi connectivity index (χ3v) is 4.52. The molecule has 1 aromatic heterocycles. The van der Waals surface area contributed by atoms with Crippen LogP contribution >= 0.6 is 0 Å². The summed E-state index contributed by atoms with van der Waals surface area (Å²) in [5, 5.41) is 5.24. The number of anilines is 2. The molecule has 0 aliphatic rings. The van der Waals surface area contributed by atoms with Crippen LogP contribution in [0.2, 0.25) is 0 Å². The molecule has 138 valence electrons. The van der Waals surface area contributed by atoms with E-state index in [1.54, 1.807) is 48.7 Å². The molecule has 0 aliphatic carbocycles. The molecule has 0 atom stereocenters. The topological polar surface area (TPSA) is 108 Å². The lowest BCUT2D eigenvalue weighted by molar-refractivity contribution is -0.116. The van der Waals surface area contributed by atoms with Crippen molar-refractivity contribution >= 4 is 33.2 Å². The van der Waals surface area contributed by atoms with Gasteiger partial charge < -0.3 is 10.6 Å². The Bertz CT molecular complexity index is 885. The summed E-state index contributed by atoms with van der Waals surface area (Å²) >= 11 is 0. The molecule has 8 nitrogen and oxygen atoms in total. The normalized spacial score (nSPS) is 11.2. The van der Waals surface area contributed by atoms with E-state index >= 15 is 0 Å². The van der Waals surface area contributed by atoms with Crippen molar-refractivity contribution in [3.63, 3.8) is 0 Å². The fraction of sp³-hybridized carbons (Fsp3) is 0.235. The first-order chi connectivity index (χ1) is 12.2. The third kappa shape index (κ3) is 6.26. The molecule has 2 rings (SSSR count). The van der Waals surface area contributed by atoms with Gasteiger partial charge in [-0.2, -0.15) is 4.31 Å². The molecule has 1 heterocycles. The number of pyridine rings is 1. The van der Waals surface area contributed by atoms with Crippen molar-refractivity contribution in [3.05, 3.63) is 54.4 Å². The number of carbonyl (C=O) groups excluding carboxylic acids is 2. The Balaban J connectivity index is 2.06. The molecule has 1 aromatic carbocycles. The van der Waals surface area contributed by atoms with Crippen molar-refractivity contribution in [1.29, 1.82) is 0 Å². The summed E-state index contributed by atoms with van der Waals surface area (Å²) < 4.78 is 25.0. The van der Waals surface area contributed by atoms with Crippen LogP contribution in [0.3, 0.4) is 0 Å². The van der Waals surface area contributed by atoms with Crippen LogP contribution in [0.4, 0.5) is 11.4 Å². The number of hydrogen-bond acceptors (Lipinski definition) is 5. The van der Waals surface area contributed by atoms with Gasteiger partial charge in [0.1, 0.15) is 0 Å². The van der Waals surface area contributed by atoms with Crippen molar-refractivity contribution in [2.45, 2.75) is 13.5 Å². The highest BCUT2D eigenvalue weighted by molar-refractivity contribution is 7.88. The first kappa shape index (κ1) is 19.5. The second kappa shape index (κ2) is 8.54. The van der Waals surface area contributed by atoms with E-state index in [0.29, 0.717) is 17.1 Å². The van der Waals surface area contributed by atoms with Crippen LogP contribution in [0.25, 0.3) is 0 Å². The van der Waals surface area contributed by atoms with Crippen molar-refractivity contribution in [1.82, 2.24) is 9.29 Å². The van der Waals surface area contributed by atoms with Gasteiger partial charge in [0.15, 0.2) is 0 Å². The summed E-state index contributed by atoms with van der Waals surface area (Å²) in [6, 6.07) is 11.7. The van der Waals surface area contributed by atoms with Crippen LogP contribution in [-0.2, 0) is 26.2 Å². The van der Waals surface area contributed by atoms with E-state index in [9.17, 15) is 18.0 Å². The number of nitrogens with one attached hydrogen (secondary N) is 2. The number of rotatable bonds is 7. The summed E-state index contributed by atoms with van der Waals surface area (Å²) in [4.78, 5) is 27.5. The Kier molecular flexibility index (Phi) is 6.42. The van der Waals surface area contributed by atoms with E-state index in [1.807, 2.05) is 0 Å². The zero-order chi connectivity index (χ0) is 19.2. The fourth-order valence-electron chi connectivity index (χ4n) is 2.20. The molecular formula is C17H20N4O4S. The van der Waals surface area contributed by atoms with E-state index < -0.39 is 15.9 Å². The standard InChI is InChI=1S/C17H20N4O4S/c1-13(22)19-14-7-5-8-15(10-14)20-17(23)12-21(26(2,24)25)11-16-6-3-4-9-18-16/h3-10H,11-12H2,1-2H3,(H,19,22)(H,20,23). The van der Waals surface area contributed by atoms with Crippen molar-refractivity contribution in [2.24, 2.45) is 0 Å². The molecule has 0 fully saturated rings. The molecule has 0 bridgehead atoms. The Morgan fingerprint density at radius 3 is 2.35 bits per heavy atom. The lowest BCUT2D eigenvalue weighted by Gasteiger charge is -2.19. The first-order valence-corrected chi connectivity index (χ1v) is 9.61. The van der Waals surface area contributed by atoms with E-state index in [4.69, 9.17) is 0 Å². The minimum atomic E-state index is -3.60. The first-order valence-electron chi connectivity index (χ1n) is 7.76. The second-order valence-corrected chi connectivity index (χ2v) is 7.64. The number of nitrogens with zero attached hydrogens (tertiary/aromatic N) is 2. The predicted octanol–water partition coefficient (Wildman–Crippen LogP) is 1.44. The van der Waals surface area contributed by atoms with E-state index in [1.165, 1.54) is 6.92 Å². The quantitative estimate of drug-likeness (QED) is 0.760. The van der Waals surface area contributed by atoms with Crippen LogP contribution in [0.15, 0.2) is 48.7 Å². The van der Waals surface area contributed by atoms with Crippen LogP contribution in [0.1, 0.15) is 12.6 Å². The maximum atomic E-state index is 12.3. The molecule has 0 unspecified atom stereocenters. The van der Waals surface area contributed by atoms with Crippen LogP contribution in [0.5, 0.6) is 0 Å². The van der Waals surface area contributed by atoms with Gasteiger partial charge in [-0.3, -0.25) is 14.6 Å². The average Bonchev–Trinajstić information content (AvgIpc) is 2.54. The van der Waals surface area contributed by atoms with Gasteiger partial charge in [-0.25, -0.2) is 8.42 Å². The van der Waals surface area contributed by atoms with Gasteiger partial charge in [-0.15, -0.1) is 0 Å². The van der Waals surface area contributed by atoms with Gasteiger partial charge in [0.2, 0.25) is 21.8 Å². The highest BCUT2D eigenvalue weighted by atomic mass is 32.2.